The van der Waals surface area contributed by atoms with Crippen molar-refractivity contribution in [1.29, 1.82) is 0 Å². The monoisotopic (exact) mass is 225 g/mol. The zero-order valence-electron chi connectivity index (χ0n) is 8.99. The van der Waals surface area contributed by atoms with Gasteiger partial charge < -0.3 is 0 Å². The van der Waals surface area contributed by atoms with E-state index < -0.39 is 0 Å². The van der Waals surface area contributed by atoms with Crippen LogP contribution in [-0.2, 0) is 0 Å². The fourth-order valence-corrected chi connectivity index (χ4v) is 2.31. The zero-order chi connectivity index (χ0) is 10.7. The maximum Gasteiger partial charge on any atom is 0.151 e. The van der Waals surface area contributed by atoms with Crippen LogP contribution in [0.5, 0.6) is 0 Å². The van der Waals surface area contributed by atoms with Crippen LogP contribution in [0.25, 0.3) is 0 Å². The Bertz CT molecular complexity index is 312. The Morgan fingerprint density at radius 1 is 1.40 bits per heavy atom. The third-order valence-corrected chi connectivity index (χ3v) is 3.22. The molecule has 0 radical (unpaired) electrons. The summed E-state index contributed by atoms with van der Waals surface area (Å²) in [6.45, 7) is 4.45. The van der Waals surface area contributed by atoms with Gasteiger partial charge in [-0.15, -0.1) is 5.10 Å². The molecule has 82 valence electrons. The van der Waals surface area contributed by atoms with E-state index in [0.717, 1.165) is 12.2 Å². The molecule has 1 aromatic rings. The van der Waals surface area contributed by atoms with Gasteiger partial charge in [-0.3, -0.25) is 4.90 Å². The maximum absolute atomic E-state index is 5.73. The minimum atomic E-state index is 0.438. The second-order valence-corrected chi connectivity index (χ2v) is 4.31. The van der Waals surface area contributed by atoms with Gasteiger partial charge in [-0.25, -0.2) is 0 Å². The quantitative estimate of drug-likeness (QED) is 0.775. The molecular formula is C11H16ClN3. The van der Waals surface area contributed by atoms with Gasteiger partial charge in [0.15, 0.2) is 5.15 Å². The van der Waals surface area contributed by atoms with Gasteiger partial charge in [0.05, 0.1) is 11.7 Å². The first-order valence-electron chi connectivity index (χ1n) is 5.54. The third-order valence-electron chi connectivity index (χ3n) is 3.01. The van der Waals surface area contributed by atoms with Gasteiger partial charge in [0, 0.05) is 0 Å². The van der Waals surface area contributed by atoms with E-state index in [-0.39, 0.29) is 0 Å². The Labute approximate surface area is 95.5 Å². The van der Waals surface area contributed by atoms with Gasteiger partial charge in [0.1, 0.15) is 0 Å². The van der Waals surface area contributed by atoms with Gasteiger partial charge in [-0.2, -0.15) is 5.10 Å². The summed E-state index contributed by atoms with van der Waals surface area (Å²) in [4.78, 5) is 2.46. The Balaban J connectivity index is 2.16. The minimum absolute atomic E-state index is 0.438. The molecule has 1 saturated heterocycles. The maximum atomic E-state index is 5.73. The van der Waals surface area contributed by atoms with E-state index in [1.807, 2.05) is 12.1 Å². The van der Waals surface area contributed by atoms with E-state index in [0.29, 0.717) is 11.2 Å². The summed E-state index contributed by atoms with van der Waals surface area (Å²) >= 11 is 5.73. The Kier molecular flexibility index (Phi) is 3.54. The van der Waals surface area contributed by atoms with Crippen molar-refractivity contribution in [3.63, 3.8) is 0 Å². The molecule has 0 spiro atoms. The molecule has 1 aliphatic rings. The van der Waals surface area contributed by atoms with Crippen LogP contribution in [0.15, 0.2) is 12.1 Å². The van der Waals surface area contributed by atoms with E-state index in [9.17, 15) is 0 Å². The van der Waals surface area contributed by atoms with Gasteiger partial charge in [0.2, 0.25) is 0 Å². The summed E-state index contributed by atoms with van der Waals surface area (Å²) in [6, 6.07) is 4.26. The van der Waals surface area contributed by atoms with Crippen LogP contribution in [-0.4, -0.2) is 28.2 Å². The highest BCUT2D eigenvalue weighted by Crippen LogP contribution is 2.29. The van der Waals surface area contributed by atoms with Crippen LogP contribution in [0.4, 0.5) is 0 Å². The predicted molar refractivity (Wildman–Crippen MR) is 60.9 cm³/mol. The smallest absolute Gasteiger partial charge is 0.151 e. The van der Waals surface area contributed by atoms with Crippen molar-refractivity contribution in [2.24, 2.45) is 0 Å². The molecule has 1 fully saturated rings. The third kappa shape index (κ3) is 2.47. The average molecular weight is 226 g/mol. The highest BCUT2D eigenvalue weighted by molar-refractivity contribution is 6.29. The Hall–Kier alpha value is -0.670. The van der Waals surface area contributed by atoms with Crippen molar-refractivity contribution in [3.8, 4) is 0 Å². The van der Waals surface area contributed by atoms with Crippen molar-refractivity contribution >= 4 is 11.6 Å². The SMILES string of the molecule is CCN1CCCCC1c1ccc(Cl)nn1. The van der Waals surface area contributed by atoms with Crippen molar-refractivity contribution in [1.82, 2.24) is 15.1 Å². The number of aromatic nitrogens is 2. The molecule has 0 bridgehead atoms. The van der Waals surface area contributed by atoms with Crippen LogP contribution in [0.1, 0.15) is 37.9 Å². The standard InChI is InChI=1S/C11H16ClN3/c1-2-15-8-4-3-5-10(15)9-6-7-11(12)14-13-9/h6-7,10H,2-5,8H2,1H3. The second-order valence-electron chi connectivity index (χ2n) is 3.92. The van der Waals surface area contributed by atoms with Crippen molar-refractivity contribution in [3.05, 3.63) is 23.0 Å². The number of hydrogen-bond acceptors (Lipinski definition) is 3. The largest absolute Gasteiger partial charge is 0.295 e. The summed E-state index contributed by atoms with van der Waals surface area (Å²) in [5.74, 6) is 0. The number of rotatable bonds is 2. The molecule has 2 heterocycles. The Morgan fingerprint density at radius 3 is 2.93 bits per heavy atom. The summed E-state index contributed by atoms with van der Waals surface area (Å²) in [7, 11) is 0. The van der Waals surface area contributed by atoms with Crippen molar-refractivity contribution in [2.75, 3.05) is 13.1 Å². The number of hydrogen-bond donors (Lipinski definition) is 0. The molecule has 2 rings (SSSR count). The van der Waals surface area contributed by atoms with Crippen molar-refractivity contribution < 1.29 is 0 Å². The zero-order valence-corrected chi connectivity index (χ0v) is 9.74. The first-order valence-corrected chi connectivity index (χ1v) is 5.92. The summed E-state index contributed by atoms with van der Waals surface area (Å²) < 4.78 is 0. The van der Waals surface area contributed by atoms with Crippen LogP contribution in [0.3, 0.4) is 0 Å². The molecule has 0 saturated carbocycles. The number of nitrogens with zero attached hydrogens (tertiary/aromatic N) is 3. The van der Waals surface area contributed by atoms with Crippen LogP contribution in [0, 0.1) is 0 Å². The molecule has 4 heteroatoms. The second kappa shape index (κ2) is 4.90. The van der Waals surface area contributed by atoms with Gasteiger partial charge >= 0.3 is 0 Å². The van der Waals surface area contributed by atoms with E-state index >= 15 is 0 Å². The fraction of sp³-hybridized carbons (Fsp3) is 0.636. The molecule has 0 N–H and O–H groups in total. The van der Waals surface area contributed by atoms with E-state index in [2.05, 4.69) is 22.0 Å². The lowest BCUT2D eigenvalue weighted by Crippen LogP contribution is -2.33. The number of halogens is 1. The van der Waals surface area contributed by atoms with Crippen LogP contribution >= 0.6 is 11.6 Å². The van der Waals surface area contributed by atoms with E-state index in [4.69, 9.17) is 11.6 Å². The van der Waals surface area contributed by atoms with Gasteiger partial charge in [-0.1, -0.05) is 24.9 Å². The number of piperidine rings is 1. The molecule has 1 unspecified atom stereocenters. The summed E-state index contributed by atoms with van der Waals surface area (Å²) in [5.41, 5.74) is 1.06. The lowest BCUT2D eigenvalue weighted by atomic mass is 9.99. The van der Waals surface area contributed by atoms with Crippen LogP contribution in [0.2, 0.25) is 5.15 Å². The minimum Gasteiger partial charge on any atom is -0.295 e. The summed E-state index contributed by atoms with van der Waals surface area (Å²) in [6.07, 6.45) is 3.76. The van der Waals surface area contributed by atoms with Gasteiger partial charge in [-0.05, 0) is 38.1 Å². The summed E-state index contributed by atoms with van der Waals surface area (Å²) in [5, 5.41) is 8.56. The molecular weight excluding hydrogens is 210 g/mol. The normalized spacial score (nSPS) is 22.9. The molecule has 1 aromatic heterocycles. The highest BCUT2D eigenvalue weighted by Gasteiger charge is 2.23. The topological polar surface area (TPSA) is 29.0 Å². The molecule has 1 aliphatic heterocycles. The molecule has 3 nitrogen and oxygen atoms in total. The predicted octanol–water partition coefficient (Wildman–Crippen LogP) is 2.68. The number of likely N-dealkylation sites (tertiary alicyclic amines) is 1. The molecule has 0 aromatic carbocycles. The van der Waals surface area contributed by atoms with Gasteiger partial charge in [0.25, 0.3) is 0 Å². The van der Waals surface area contributed by atoms with E-state index in [1.54, 1.807) is 0 Å². The van der Waals surface area contributed by atoms with Crippen LogP contribution < -0.4 is 0 Å². The Morgan fingerprint density at radius 2 is 2.27 bits per heavy atom. The first kappa shape index (κ1) is 10.8. The van der Waals surface area contributed by atoms with Crippen molar-refractivity contribution in [2.45, 2.75) is 32.2 Å². The highest BCUT2D eigenvalue weighted by atomic mass is 35.5. The molecule has 1 atom stereocenters. The fourth-order valence-electron chi connectivity index (χ4n) is 2.21. The molecule has 0 amide bonds. The lowest BCUT2D eigenvalue weighted by molar-refractivity contribution is 0.153. The average Bonchev–Trinajstić information content (AvgIpc) is 2.30. The van der Waals surface area contributed by atoms with E-state index in [1.165, 1.54) is 25.8 Å². The molecule has 15 heavy (non-hydrogen) atoms. The first-order chi connectivity index (χ1) is 7.31. The lowest BCUT2D eigenvalue weighted by Gasteiger charge is -2.34. The molecule has 0 aliphatic carbocycles.